The van der Waals surface area contributed by atoms with Gasteiger partial charge in [0.25, 0.3) is 17.7 Å². The lowest BCUT2D eigenvalue weighted by Gasteiger charge is -2.29. The fraction of sp³-hybridized carbons (Fsp3) is 0.397. The van der Waals surface area contributed by atoms with Crippen molar-refractivity contribution in [3.8, 4) is 23.0 Å². The molecule has 0 saturated heterocycles. The van der Waals surface area contributed by atoms with E-state index in [1.54, 1.807) is 54.0 Å². The number of carbonyl (C=O) groups is 5. The predicted molar refractivity (Wildman–Crippen MR) is 330 cm³/mol. The Hall–Kier alpha value is -7.56. The zero-order chi connectivity index (χ0) is 59.0. The summed E-state index contributed by atoms with van der Waals surface area (Å²) >= 11 is 0. The Bertz CT molecular complexity index is 3200. The van der Waals surface area contributed by atoms with Gasteiger partial charge >= 0.3 is 0 Å². The molecular weight excluding hydrogens is 1110 g/mol. The van der Waals surface area contributed by atoms with Crippen molar-refractivity contribution < 1.29 is 57.1 Å². The topological polar surface area (TPSA) is 199 Å². The van der Waals surface area contributed by atoms with Crippen LogP contribution in [0.15, 0.2) is 108 Å². The van der Waals surface area contributed by atoms with Crippen molar-refractivity contribution in [2.45, 2.75) is 63.2 Å². The first-order valence-corrected chi connectivity index (χ1v) is 30.6. The third kappa shape index (κ3) is 15.4. The molecule has 2 unspecified atom stereocenters. The number of hydrogen-bond acceptors (Lipinski definition) is 18. The number of nitrogens with zero attached hydrogens (tertiary/aromatic N) is 5. The summed E-state index contributed by atoms with van der Waals surface area (Å²) in [4.78, 5) is 75.5. The molecule has 4 heterocycles. The number of imide groups is 1. The molecule has 4 aliphatic heterocycles. The first-order chi connectivity index (χ1) is 40.9. The minimum atomic E-state index is -0.374. The number of aliphatic imine (C=N–C) groups is 1. The highest BCUT2D eigenvalue weighted by molar-refractivity contribution is 8.76. The van der Waals surface area contributed by atoms with Crippen LogP contribution in [-0.2, 0) is 54.6 Å². The van der Waals surface area contributed by atoms with Gasteiger partial charge in [0.15, 0.2) is 29.3 Å². The molecule has 0 saturated carbocycles. The monoisotopic (exact) mass is 1180 g/mol. The van der Waals surface area contributed by atoms with Crippen LogP contribution in [0.4, 0.5) is 28.4 Å². The Morgan fingerprint density at radius 1 is 0.810 bits per heavy atom. The highest BCUT2D eigenvalue weighted by atomic mass is 33.1. The number of para-hydroxylation sites is 2. The van der Waals surface area contributed by atoms with Gasteiger partial charge in [-0.15, -0.1) is 0 Å². The van der Waals surface area contributed by atoms with Crippen molar-refractivity contribution in [1.82, 2.24) is 10.2 Å². The number of carbonyl (C=O) groups excluding carboxylic acids is 5. The summed E-state index contributed by atoms with van der Waals surface area (Å²) in [5.74, 6) is 1.42. The number of amides is 4. The van der Waals surface area contributed by atoms with Crippen LogP contribution in [0.1, 0.15) is 62.7 Å². The van der Waals surface area contributed by atoms with E-state index in [0.29, 0.717) is 111 Å². The summed E-state index contributed by atoms with van der Waals surface area (Å²) in [6.07, 6.45) is 7.61. The first-order valence-electron chi connectivity index (χ1n) is 28.2. The van der Waals surface area contributed by atoms with Gasteiger partial charge in [-0.2, -0.15) is 0 Å². The second-order valence-electron chi connectivity index (χ2n) is 20.7. The van der Waals surface area contributed by atoms with E-state index in [9.17, 15) is 24.0 Å². The second kappa shape index (κ2) is 29.8. The number of fused-ring (bicyclic) bond motifs is 5. The maximum atomic E-state index is 14.3. The summed E-state index contributed by atoms with van der Waals surface area (Å²) in [7, 11) is 10.2. The largest absolute Gasteiger partial charge is 0.493 e. The zero-order valence-corrected chi connectivity index (χ0v) is 49.8. The Morgan fingerprint density at radius 3 is 2.18 bits per heavy atom. The van der Waals surface area contributed by atoms with Gasteiger partial charge in [-0.1, -0.05) is 64.9 Å². The van der Waals surface area contributed by atoms with Crippen molar-refractivity contribution in [1.29, 1.82) is 0 Å². The molecule has 19 nitrogen and oxygen atoms in total. The van der Waals surface area contributed by atoms with E-state index < -0.39 is 0 Å². The Morgan fingerprint density at radius 2 is 1.48 bits per heavy atom. The lowest BCUT2D eigenvalue weighted by atomic mass is 10.1. The number of nitrogens with one attached hydrogen (secondary N) is 2. The highest BCUT2D eigenvalue weighted by Gasteiger charge is 2.38. The van der Waals surface area contributed by atoms with Crippen molar-refractivity contribution in [3.05, 3.63) is 137 Å². The van der Waals surface area contributed by atoms with Crippen LogP contribution >= 0.6 is 21.6 Å². The second-order valence-corrected chi connectivity index (χ2v) is 23.6. The van der Waals surface area contributed by atoms with Gasteiger partial charge in [0, 0.05) is 117 Å². The fourth-order valence-electron chi connectivity index (χ4n) is 10.6. The van der Waals surface area contributed by atoms with Gasteiger partial charge in [0.2, 0.25) is 5.91 Å². The summed E-state index contributed by atoms with van der Waals surface area (Å²) in [6.45, 7) is 6.66. The predicted octanol–water partition coefficient (Wildman–Crippen LogP) is 8.51. The van der Waals surface area contributed by atoms with Crippen LogP contribution in [0.3, 0.4) is 0 Å². The molecule has 4 amide bonds. The maximum Gasteiger partial charge on any atom is 0.260 e. The number of ether oxygens (including phenoxy) is 7. The Balaban J connectivity index is 0.942. The smallest absolute Gasteiger partial charge is 0.260 e. The molecule has 3 atom stereocenters. The van der Waals surface area contributed by atoms with Gasteiger partial charge in [-0.3, -0.25) is 33.9 Å². The number of anilines is 4. The SMILES string of the molecule is COCCOCCOCCN(CC(C)SSCCCC(=O)NCCN1C(=O)C=CC1=O)c1cc(COc2cc(/N=C\C3Cc4ccccc4N3C)c(C=O)cc2OC)cc(COc2cc3c(cc2OC)C(=O)N2c4ccccc4C[C@H]2CN3)c1. The third-order valence-corrected chi connectivity index (χ3v) is 17.8. The standard InChI is InChI=1S/C63H73N7O12S2/c1-42(84-83-26-10-15-60(72)64-18-19-69-61(73)16-17-62(69)74)38-68(20-21-79-24-25-80-23-22-76-3)48-28-43(40-81-58-34-52(47(39-71)32-56(58)77-4)65-36-49-30-45-11-6-8-13-54(45)67(49)2)27-44(29-48)41-82-59-35-53-51(33-57(59)78-5)63(75)70-50(37-66-53)31-46-12-7-9-14-55(46)70/h6-9,11-14,16-17,27-29,32-36,39,42,49-50,66H,10,15,18-26,30-31,37-38,40-41H2,1-5H3,(H,64,72)/b65-36-/t42?,49?,50-/m0/s1. The fourth-order valence-corrected chi connectivity index (χ4v) is 12.9. The molecule has 21 heteroatoms. The third-order valence-electron chi connectivity index (χ3n) is 14.9. The average molecular weight is 1180 g/mol. The lowest BCUT2D eigenvalue weighted by molar-refractivity contribution is -0.137. The minimum Gasteiger partial charge on any atom is -0.493 e. The molecule has 444 valence electrons. The molecule has 5 aromatic rings. The van der Waals surface area contributed by atoms with Gasteiger partial charge in [0.1, 0.15) is 13.2 Å². The quantitative estimate of drug-likeness (QED) is 0.0136. The average Bonchev–Trinajstić information content (AvgIpc) is 2.25. The van der Waals surface area contributed by atoms with Crippen LogP contribution < -0.4 is 44.3 Å². The Kier molecular flexibility index (Phi) is 21.6. The molecule has 0 aromatic heterocycles. The molecule has 0 radical (unpaired) electrons. The number of aldehydes is 1. The summed E-state index contributed by atoms with van der Waals surface area (Å²) in [5, 5.41) is 6.47. The van der Waals surface area contributed by atoms with Crippen LogP contribution in [0.25, 0.3) is 0 Å². The number of hydrogen-bond donors (Lipinski definition) is 2. The lowest BCUT2D eigenvalue weighted by Crippen LogP contribution is -2.39. The molecule has 5 aromatic carbocycles. The van der Waals surface area contributed by atoms with E-state index in [2.05, 4.69) is 57.7 Å². The van der Waals surface area contributed by atoms with Crippen LogP contribution in [0, 0.1) is 0 Å². The maximum absolute atomic E-state index is 14.3. The number of methoxy groups -OCH3 is 3. The number of benzene rings is 5. The molecule has 0 spiro atoms. The van der Waals surface area contributed by atoms with Crippen molar-refractivity contribution in [2.24, 2.45) is 4.99 Å². The first kappa shape index (κ1) is 61.0. The molecule has 84 heavy (non-hydrogen) atoms. The molecule has 0 fully saturated rings. The van der Waals surface area contributed by atoms with E-state index in [1.807, 2.05) is 60.6 Å². The zero-order valence-electron chi connectivity index (χ0n) is 48.2. The Labute approximate surface area is 498 Å². The van der Waals surface area contributed by atoms with Crippen molar-refractivity contribution in [2.75, 3.05) is 120 Å². The van der Waals surface area contributed by atoms with Crippen LogP contribution in [-0.4, -0.2) is 158 Å². The molecular formula is C63H73N7O12S2. The molecule has 9 rings (SSSR count). The molecule has 4 aliphatic rings. The van der Waals surface area contributed by atoms with E-state index in [4.69, 9.17) is 38.2 Å². The summed E-state index contributed by atoms with van der Waals surface area (Å²) in [6, 6.07) is 29.5. The highest BCUT2D eigenvalue weighted by Crippen LogP contribution is 2.42. The summed E-state index contributed by atoms with van der Waals surface area (Å²) in [5.41, 5.74) is 8.98. The summed E-state index contributed by atoms with van der Waals surface area (Å²) < 4.78 is 42.0. The molecule has 0 bridgehead atoms. The van der Waals surface area contributed by atoms with Gasteiger partial charge < -0.3 is 58.5 Å². The van der Waals surface area contributed by atoms with Crippen LogP contribution in [0.5, 0.6) is 23.0 Å². The van der Waals surface area contributed by atoms with E-state index in [1.165, 1.54) is 24.8 Å². The molecule has 2 N–H and O–H groups in total. The van der Waals surface area contributed by atoms with E-state index in [0.717, 1.165) is 63.5 Å². The van der Waals surface area contributed by atoms with Crippen LogP contribution in [0.2, 0.25) is 0 Å². The van der Waals surface area contributed by atoms with Crippen molar-refractivity contribution >= 4 is 86.2 Å². The minimum absolute atomic E-state index is 0.00316. The van der Waals surface area contributed by atoms with E-state index >= 15 is 0 Å². The normalized spacial score (nSPS) is 16.2. The van der Waals surface area contributed by atoms with Crippen molar-refractivity contribution in [3.63, 3.8) is 0 Å². The number of likely N-dealkylation sites (N-methyl/N-ethyl adjacent to an activating group) is 1. The van der Waals surface area contributed by atoms with Gasteiger partial charge in [-0.25, -0.2) is 0 Å². The van der Waals surface area contributed by atoms with Gasteiger partial charge in [0.05, 0.1) is 76.3 Å². The van der Waals surface area contributed by atoms with E-state index in [-0.39, 0.29) is 67.3 Å². The number of rotatable bonds is 32. The van der Waals surface area contributed by atoms with Gasteiger partial charge in [-0.05, 0) is 84.0 Å². The molecule has 0 aliphatic carbocycles.